The monoisotopic (exact) mass is 282 g/mol. The van der Waals surface area contributed by atoms with Crippen molar-refractivity contribution in [2.24, 2.45) is 11.7 Å². The molecular formula is C15H26N2OS. The van der Waals surface area contributed by atoms with Gasteiger partial charge in [0.05, 0.1) is 5.69 Å². The highest BCUT2D eigenvalue weighted by atomic mass is 32.1. The Morgan fingerprint density at radius 2 is 2.32 bits per heavy atom. The van der Waals surface area contributed by atoms with Crippen LogP contribution in [-0.2, 0) is 16.8 Å². The van der Waals surface area contributed by atoms with E-state index in [-0.39, 0.29) is 5.60 Å². The van der Waals surface area contributed by atoms with E-state index in [9.17, 15) is 0 Å². The number of ether oxygens (including phenoxy) is 1. The van der Waals surface area contributed by atoms with E-state index in [1.54, 1.807) is 0 Å². The molecule has 0 radical (unpaired) electrons. The molecule has 1 aliphatic rings. The first-order chi connectivity index (χ1) is 9.11. The largest absolute Gasteiger partial charge is 0.368 e. The summed E-state index contributed by atoms with van der Waals surface area (Å²) in [6.07, 6.45) is 5.71. The molecule has 0 amide bonds. The van der Waals surface area contributed by atoms with Crippen LogP contribution in [0.4, 0.5) is 0 Å². The molecule has 0 spiro atoms. The maximum absolute atomic E-state index is 6.19. The van der Waals surface area contributed by atoms with Crippen LogP contribution >= 0.6 is 11.3 Å². The van der Waals surface area contributed by atoms with Crippen molar-refractivity contribution in [3.05, 3.63) is 15.6 Å². The van der Waals surface area contributed by atoms with Gasteiger partial charge in [-0.15, -0.1) is 11.3 Å². The van der Waals surface area contributed by atoms with Crippen molar-refractivity contribution in [1.29, 1.82) is 0 Å². The van der Waals surface area contributed by atoms with E-state index in [0.29, 0.717) is 6.54 Å². The van der Waals surface area contributed by atoms with Crippen molar-refractivity contribution in [3.63, 3.8) is 0 Å². The van der Waals surface area contributed by atoms with Crippen molar-refractivity contribution in [1.82, 2.24) is 4.98 Å². The number of hydrogen-bond acceptors (Lipinski definition) is 4. The van der Waals surface area contributed by atoms with Crippen LogP contribution in [0, 0.1) is 12.8 Å². The molecule has 1 aromatic rings. The molecule has 1 aromatic heterocycles. The number of aromatic nitrogens is 1. The fraction of sp³-hybridized carbons (Fsp3) is 0.800. The third-order valence-electron chi connectivity index (χ3n) is 4.03. The number of nitrogens with two attached hydrogens (primary N) is 1. The summed E-state index contributed by atoms with van der Waals surface area (Å²) in [6, 6.07) is 0. The van der Waals surface area contributed by atoms with Crippen LogP contribution in [0.2, 0.25) is 0 Å². The van der Waals surface area contributed by atoms with Crippen molar-refractivity contribution >= 4 is 11.3 Å². The summed E-state index contributed by atoms with van der Waals surface area (Å²) in [6.45, 7) is 7.96. The lowest BCUT2D eigenvalue weighted by molar-refractivity contribution is -0.0821. The van der Waals surface area contributed by atoms with Gasteiger partial charge in [0.25, 0.3) is 0 Å². The van der Waals surface area contributed by atoms with E-state index in [2.05, 4.69) is 20.8 Å². The van der Waals surface area contributed by atoms with Gasteiger partial charge >= 0.3 is 0 Å². The van der Waals surface area contributed by atoms with Crippen LogP contribution in [0.25, 0.3) is 0 Å². The standard InChI is InChI=1S/C15H26N2OS/c1-4-18-15(8-5-6-11(2)10-15)14-17-12(3)13(19-14)7-9-16/h11H,4-10,16H2,1-3H3. The van der Waals surface area contributed by atoms with Crippen LogP contribution in [-0.4, -0.2) is 18.1 Å². The van der Waals surface area contributed by atoms with E-state index < -0.39 is 0 Å². The highest BCUT2D eigenvalue weighted by Crippen LogP contribution is 2.44. The number of nitrogens with zero attached hydrogens (tertiary/aromatic N) is 1. The highest BCUT2D eigenvalue weighted by Gasteiger charge is 2.40. The second-order valence-electron chi connectivity index (χ2n) is 5.70. The minimum atomic E-state index is -0.130. The molecule has 0 aliphatic heterocycles. The van der Waals surface area contributed by atoms with E-state index >= 15 is 0 Å². The van der Waals surface area contributed by atoms with Gasteiger partial charge < -0.3 is 10.5 Å². The van der Waals surface area contributed by atoms with Gasteiger partial charge in [0, 0.05) is 11.5 Å². The molecule has 0 aromatic carbocycles. The first-order valence-electron chi connectivity index (χ1n) is 7.42. The molecule has 0 bridgehead atoms. The van der Waals surface area contributed by atoms with Crippen molar-refractivity contribution in [2.75, 3.05) is 13.2 Å². The van der Waals surface area contributed by atoms with Crippen LogP contribution in [0.5, 0.6) is 0 Å². The Morgan fingerprint density at radius 3 is 2.95 bits per heavy atom. The molecule has 4 heteroatoms. The summed E-state index contributed by atoms with van der Waals surface area (Å²) in [5.41, 5.74) is 6.69. The summed E-state index contributed by atoms with van der Waals surface area (Å²) >= 11 is 1.82. The van der Waals surface area contributed by atoms with Crippen molar-refractivity contribution in [3.8, 4) is 0 Å². The Bertz CT molecular complexity index is 414. The fourth-order valence-corrected chi connectivity index (χ4v) is 4.41. The van der Waals surface area contributed by atoms with Crippen LogP contribution < -0.4 is 5.73 Å². The lowest BCUT2D eigenvalue weighted by Crippen LogP contribution is -2.35. The number of hydrogen-bond donors (Lipinski definition) is 1. The number of rotatable bonds is 5. The first-order valence-corrected chi connectivity index (χ1v) is 8.23. The van der Waals surface area contributed by atoms with Gasteiger partial charge in [0.1, 0.15) is 10.6 Å². The summed E-state index contributed by atoms with van der Waals surface area (Å²) in [5.74, 6) is 0.725. The molecule has 0 saturated heterocycles. The maximum Gasteiger partial charge on any atom is 0.125 e. The van der Waals surface area contributed by atoms with E-state index in [0.717, 1.165) is 37.5 Å². The van der Waals surface area contributed by atoms with Crippen molar-refractivity contribution < 1.29 is 4.74 Å². The number of aryl methyl sites for hydroxylation is 1. The third-order valence-corrected chi connectivity index (χ3v) is 5.43. The topological polar surface area (TPSA) is 48.1 Å². The van der Waals surface area contributed by atoms with Gasteiger partial charge in [-0.25, -0.2) is 4.98 Å². The first kappa shape index (κ1) is 14.9. The molecule has 108 valence electrons. The zero-order valence-electron chi connectivity index (χ0n) is 12.4. The third kappa shape index (κ3) is 3.18. The Morgan fingerprint density at radius 1 is 1.53 bits per heavy atom. The molecular weight excluding hydrogens is 256 g/mol. The van der Waals surface area contributed by atoms with Gasteiger partial charge in [-0.05, 0) is 52.0 Å². The zero-order chi connectivity index (χ0) is 13.9. The predicted octanol–water partition coefficient (Wildman–Crippen LogP) is 3.39. The van der Waals surface area contributed by atoms with Crippen LogP contribution in [0.15, 0.2) is 0 Å². The molecule has 3 nitrogen and oxygen atoms in total. The Kier molecular flexibility index (Phi) is 4.98. The Balaban J connectivity index is 2.30. The zero-order valence-corrected chi connectivity index (χ0v) is 13.2. The van der Waals surface area contributed by atoms with Gasteiger partial charge in [-0.1, -0.05) is 13.3 Å². The average molecular weight is 282 g/mol. The molecule has 2 atom stereocenters. The lowest BCUT2D eigenvalue weighted by atomic mass is 9.79. The van der Waals surface area contributed by atoms with Crippen LogP contribution in [0.3, 0.4) is 0 Å². The normalized spacial score (nSPS) is 27.7. The second-order valence-corrected chi connectivity index (χ2v) is 6.78. The number of thiazole rings is 1. The molecule has 1 heterocycles. The average Bonchev–Trinajstić information content (AvgIpc) is 2.73. The van der Waals surface area contributed by atoms with Gasteiger partial charge in [0.15, 0.2) is 0 Å². The Hall–Kier alpha value is -0.450. The molecule has 2 N–H and O–H groups in total. The van der Waals surface area contributed by atoms with Crippen molar-refractivity contribution in [2.45, 2.75) is 58.5 Å². The molecule has 2 rings (SSSR count). The second kappa shape index (κ2) is 6.33. The molecule has 1 aliphatic carbocycles. The van der Waals surface area contributed by atoms with Gasteiger partial charge in [0.2, 0.25) is 0 Å². The summed E-state index contributed by atoms with van der Waals surface area (Å²) in [7, 11) is 0. The SMILES string of the molecule is CCOC1(c2nc(C)c(CCN)s2)CCCC(C)C1. The summed E-state index contributed by atoms with van der Waals surface area (Å²) < 4.78 is 6.19. The van der Waals surface area contributed by atoms with Gasteiger partial charge in [-0.2, -0.15) is 0 Å². The van der Waals surface area contributed by atoms with E-state index in [1.807, 2.05) is 11.3 Å². The molecule has 19 heavy (non-hydrogen) atoms. The predicted molar refractivity (Wildman–Crippen MR) is 80.5 cm³/mol. The minimum absolute atomic E-state index is 0.130. The molecule has 1 saturated carbocycles. The van der Waals surface area contributed by atoms with E-state index in [4.69, 9.17) is 15.5 Å². The highest BCUT2D eigenvalue weighted by molar-refractivity contribution is 7.11. The Labute approximate surface area is 120 Å². The quantitative estimate of drug-likeness (QED) is 0.900. The lowest BCUT2D eigenvalue weighted by Gasteiger charge is -2.38. The molecule has 2 unspecified atom stereocenters. The summed E-state index contributed by atoms with van der Waals surface area (Å²) in [5, 5.41) is 1.18. The van der Waals surface area contributed by atoms with Crippen LogP contribution in [0.1, 0.15) is 55.1 Å². The smallest absolute Gasteiger partial charge is 0.125 e. The molecule has 1 fully saturated rings. The fourth-order valence-electron chi connectivity index (χ4n) is 3.15. The summed E-state index contributed by atoms with van der Waals surface area (Å²) in [4.78, 5) is 6.14. The van der Waals surface area contributed by atoms with Gasteiger partial charge in [-0.3, -0.25) is 0 Å². The minimum Gasteiger partial charge on any atom is -0.368 e. The van der Waals surface area contributed by atoms with E-state index in [1.165, 1.54) is 22.7 Å². The maximum atomic E-state index is 6.19.